The molecule has 0 aromatic heterocycles. The number of anilines is 1. The molecule has 8 heteroatoms. The van der Waals surface area contributed by atoms with Crippen molar-refractivity contribution in [2.45, 2.75) is 59.4 Å². The number of hydrogen-bond donors (Lipinski definition) is 1. The van der Waals surface area contributed by atoms with Crippen molar-refractivity contribution >= 4 is 27.5 Å². The van der Waals surface area contributed by atoms with Gasteiger partial charge < -0.3 is 10.2 Å². The Morgan fingerprint density at radius 1 is 1.03 bits per heavy atom. The van der Waals surface area contributed by atoms with Crippen LogP contribution in [0, 0.1) is 13.8 Å². The summed E-state index contributed by atoms with van der Waals surface area (Å²) < 4.78 is 26.7. The molecule has 0 radical (unpaired) electrons. The van der Waals surface area contributed by atoms with Crippen LogP contribution in [0.15, 0.2) is 48.5 Å². The Morgan fingerprint density at radius 3 is 2.31 bits per heavy atom. The van der Waals surface area contributed by atoms with Gasteiger partial charge in [-0.1, -0.05) is 62.7 Å². The number of unbranched alkanes of at least 4 members (excludes halogenated alkanes) is 1. The molecule has 0 aliphatic rings. The first kappa shape index (κ1) is 28.4. The Labute approximate surface area is 210 Å². The number of carbonyl (C=O) groups is 2. The molecule has 1 atom stereocenters. The van der Waals surface area contributed by atoms with E-state index < -0.39 is 22.0 Å². The van der Waals surface area contributed by atoms with Crippen molar-refractivity contribution in [1.82, 2.24) is 10.2 Å². The highest BCUT2D eigenvalue weighted by molar-refractivity contribution is 7.92. The number of amides is 2. The first-order valence-electron chi connectivity index (χ1n) is 12.2. The molecule has 0 aliphatic heterocycles. The molecule has 2 aromatic carbocycles. The number of carbonyl (C=O) groups excluding carboxylic acids is 2. The van der Waals surface area contributed by atoms with Crippen LogP contribution in [0.2, 0.25) is 0 Å². The summed E-state index contributed by atoms with van der Waals surface area (Å²) in [6.07, 6.45) is 3.90. The van der Waals surface area contributed by atoms with E-state index in [0.717, 1.165) is 40.1 Å². The zero-order valence-corrected chi connectivity index (χ0v) is 22.4. The number of nitrogens with zero attached hydrogens (tertiary/aromatic N) is 2. The summed E-state index contributed by atoms with van der Waals surface area (Å²) in [5.74, 6) is -0.607. The van der Waals surface area contributed by atoms with Gasteiger partial charge in [0, 0.05) is 13.1 Å². The summed E-state index contributed by atoms with van der Waals surface area (Å²) in [6.45, 7) is 8.11. The highest BCUT2D eigenvalue weighted by Gasteiger charge is 2.31. The highest BCUT2D eigenvalue weighted by Crippen LogP contribution is 2.24. The van der Waals surface area contributed by atoms with Crippen LogP contribution in [0.1, 0.15) is 49.8 Å². The molecule has 0 bridgehead atoms. The molecule has 0 aliphatic carbocycles. The van der Waals surface area contributed by atoms with Gasteiger partial charge in [-0.2, -0.15) is 0 Å². The second kappa shape index (κ2) is 13.3. The third-order valence-corrected chi connectivity index (χ3v) is 7.14. The fraction of sp³-hybridized carbons (Fsp3) is 0.481. The molecule has 0 saturated heterocycles. The second-order valence-corrected chi connectivity index (χ2v) is 10.9. The smallest absolute Gasteiger partial charge is 0.244 e. The van der Waals surface area contributed by atoms with E-state index in [1.807, 2.05) is 70.2 Å². The number of nitrogens with one attached hydrogen (secondary N) is 1. The molecule has 0 saturated carbocycles. The zero-order chi connectivity index (χ0) is 26.0. The van der Waals surface area contributed by atoms with Gasteiger partial charge in [0.25, 0.3) is 0 Å². The van der Waals surface area contributed by atoms with E-state index in [0.29, 0.717) is 31.6 Å². The lowest BCUT2D eigenvalue weighted by molar-refractivity contribution is -0.139. The van der Waals surface area contributed by atoms with Gasteiger partial charge in [-0.15, -0.1) is 0 Å². The predicted molar refractivity (Wildman–Crippen MR) is 142 cm³/mol. The third kappa shape index (κ3) is 8.38. The van der Waals surface area contributed by atoms with Gasteiger partial charge >= 0.3 is 0 Å². The van der Waals surface area contributed by atoms with Crippen LogP contribution >= 0.6 is 0 Å². The first-order valence-corrected chi connectivity index (χ1v) is 14.1. The van der Waals surface area contributed by atoms with E-state index in [9.17, 15) is 18.0 Å². The monoisotopic (exact) mass is 501 g/mol. The average molecular weight is 502 g/mol. The number of rotatable bonds is 13. The molecule has 2 amide bonds. The number of sulfonamides is 1. The van der Waals surface area contributed by atoms with Crippen LogP contribution in [0.25, 0.3) is 0 Å². The van der Waals surface area contributed by atoms with Crippen molar-refractivity contribution in [3.05, 3.63) is 65.2 Å². The molecule has 7 nitrogen and oxygen atoms in total. The van der Waals surface area contributed by atoms with E-state index in [1.54, 1.807) is 6.07 Å². The average Bonchev–Trinajstić information content (AvgIpc) is 2.81. The summed E-state index contributed by atoms with van der Waals surface area (Å²) in [4.78, 5) is 28.2. The van der Waals surface area contributed by atoms with Gasteiger partial charge in [0.05, 0.1) is 11.9 Å². The van der Waals surface area contributed by atoms with Crippen molar-refractivity contribution in [3.8, 4) is 0 Å². The minimum atomic E-state index is -3.74. The van der Waals surface area contributed by atoms with E-state index in [2.05, 4.69) is 5.32 Å². The summed E-state index contributed by atoms with van der Waals surface area (Å²) in [6, 6.07) is 14.6. The lowest BCUT2D eigenvalue weighted by Gasteiger charge is -2.33. The molecule has 35 heavy (non-hydrogen) atoms. The van der Waals surface area contributed by atoms with E-state index in [-0.39, 0.29) is 12.5 Å². The molecule has 2 aromatic rings. The topological polar surface area (TPSA) is 86.8 Å². The fourth-order valence-electron chi connectivity index (χ4n) is 3.98. The Balaban J connectivity index is 2.37. The standard InChI is InChI=1S/C27H39N3O4S/c1-6-8-17-28-27(32)24(7-2)29(18-16-23-12-10-9-11-13-23)26(31)20-30(35(5,33)34)25-19-21(3)14-15-22(25)4/h9-15,19,24H,6-8,16-18,20H2,1-5H3,(H,28,32)/t24-/m0/s1. The number of aryl methyl sites for hydroxylation is 2. The molecule has 0 heterocycles. The van der Waals surface area contributed by atoms with Gasteiger partial charge in [-0.25, -0.2) is 8.42 Å². The Kier molecular flexibility index (Phi) is 10.8. The van der Waals surface area contributed by atoms with Crippen LogP contribution in [0.5, 0.6) is 0 Å². The van der Waals surface area contributed by atoms with Crippen LogP contribution < -0.4 is 9.62 Å². The summed E-state index contributed by atoms with van der Waals surface area (Å²) >= 11 is 0. The molecule has 192 valence electrons. The SMILES string of the molecule is CCCCNC(=O)[C@H](CC)N(CCc1ccccc1)C(=O)CN(c1cc(C)ccc1C)S(C)(=O)=O. The van der Waals surface area contributed by atoms with Crippen molar-refractivity contribution in [2.75, 3.05) is 30.2 Å². The quantitative estimate of drug-likeness (QED) is 0.423. The maximum atomic E-state index is 13.7. The number of benzene rings is 2. The molecule has 1 N–H and O–H groups in total. The van der Waals surface area contributed by atoms with Gasteiger partial charge in [-0.3, -0.25) is 13.9 Å². The highest BCUT2D eigenvalue weighted by atomic mass is 32.2. The molecule has 2 rings (SSSR count). The van der Waals surface area contributed by atoms with Crippen LogP contribution in [-0.4, -0.2) is 57.1 Å². The number of hydrogen-bond acceptors (Lipinski definition) is 4. The fourth-order valence-corrected chi connectivity index (χ4v) is 4.88. The Bertz CT molecular complexity index is 1090. The van der Waals surface area contributed by atoms with Crippen molar-refractivity contribution in [1.29, 1.82) is 0 Å². The maximum Gasteiger partial charge on any atom is 0.244 e. The van der Waals surface area contributed by atoms with Crippen LogP contribution in [0.3, 0.4) is 0 Å². The van der Waals surface area contributed by atoms with Gasteiger partial charge in [0.1, 0.15) is 12.6 Å². The Morgan fingerprint density at radius 2 is 1.71 bits per heavy atom. The van der Waals surface area contributed by atoms with Crippen molar-refractivity contribution in [3.63, 3.8) is 0 Å². The molecular formula is C27H39N3O4S. The third-order valence-electron chi connectivity index (χ3n) is 6.01. The van der Waals surface area contributed by atoms with Gasteiger partial charge in [-0.05, 0) is 55.9 Å². The molecule has 0 unspecified atom stereocenters. The summed E-state index contributed by atoms with van der Waals surface area (Å²) in [5, 5.41) is 2.94. The first-order chi connectivity index (χ1) is 16.6. The summed E-state index contributed by atoms with van der Waals surface area (Å²) in [5.41, 5.74) is 3.17. The molecule has 0 fully saturated rings. The summed E-state index contributed by atoms with van der Waals surface area (Å²) in [7, 11) is -3.74. The van der Waals surface area contributed by atoms with E-state index >= 15 is 0 Å². The minimum absolute atomic E-state index is 0.208. The zero-order valence-electron chi connectivity index (χ0n) is 21.6. The van der Waals surface area contributed by atoms with Crippen LogP contribution in [0.4, 0.5) is 5.69 Å². The maximum absolute atomic E-state index is 13.7. The predicted octanol–water partition coefficient (Wildman–Crippen LogP) is 3.84. The minimum Gasteiger partial charge on any atom is -0.354 e. The molecule has 0 spiro atoms. The Hall–Kier alpha value is -2.87. The van der Waals surface area contributed by atoms with Crippen molar-refractivity contribution in [2.24, 2.45) is 0 Å². The van der Waals surface area contributed by atoms with Gasteiger partial charge in [0.2, 0.25) is 21.8 Å². The molecular weight excluding hydrogens is 462 g/mol. The van der Waals surface area contributed by atoms with Crippen molar-refractivity contribution < 1.29 is 18.0 Å². The van der Waals surface area contributed by atoms with E-state index in [4.69, 9.17) is 0 Å². The lowest BCUT2D eigenvalue weighted by atomic mass is 10.1. The second-order valence-electron chi connectivity index (χ2n) is 8.95. The lowest BCUT2D eigenvalue weighted by Crippen LogP contribution is -2.53. The van der Waals surface area contributed by atoms with Gasteiger partial charge in [0.15, 0.2) is 0 Å². The normalized spacial score (nSPS) is 12.1. The van der Waals surface area contributed by atoms with E-state index in [1.165, 1.54) is 4.90 Å². The largest absolute Gasteiger partial charge is 0.354 e. The van der Waals surface area contributed by atoms with Crippen LogP contribution in [-0.2, 0) is 26.0 Å².